The summed E-state index contributed by atoms with van der Waals surface area (Å²) in [5.74, 6) is 0.508. The fraction of sp³-hybridized carbons (Fsp3) is 0.750. The molecule has 1 aromatic heterocycles. The highest BCUT2D eigenvalue weighted by Gasteiger charge is 2.17. The highest BCUT2D eigenvalue weighted by Crippen LogP contribution is 2.26. The average molecular weight is 226 g/mol. The Kier molecular flexibility index (Phi) is 4.74. The first-order valence-electron chi connectivity index (χ1n) is 5.73. The molecule has 0 amide bonds. The molecule has 1 N–H and O–H groups in total. The zero-order chi connectivity index (χ0) is 11.4. The van der Waals surface area contributed by atoms with Crippen LogP contribution < -0.4 is 5.32 Å². The van der Waals surface area contributed by atoms with Crippen molar-refractivity contribution in [2.45, 2.75) is 53.0 Å². The van der Waals surface area contributed by atoms with E-state index in [1.165, 1.54) is 22.0 Å². The smallest absolute Gasteiger partial charge is 0.0974 e. The maximum absolute atomic E-state index is 4.62. The maximum Gasteiger partial charge on any atom is 0.0974 e. The predicted molar refractivity (Wildman–Crippen MR) is 67.8 cm³/mol. The molecule has 3 heteroatoms. The third-order valence-corrected chi connectivity index (χ3v) is 4.17. The molecule has 2 unspecified atom stereocenters. The molecule has 1 aromatic rings. The van der Waals surface area contributed by atoms with E-state index in [1.54, 1.807) is 0 Å². The summed E-state index contributed by atoms with van der Waals surface area (Å²) in [5.41, 5.74) is 1.18. The van der Waals surface area contributed by atoms with Gasteiger partial charge in [0.05, 0.1) is 10.7 Å². The van der Waals surface area contributed by atoms with Crippen LogP contribution in [0.1, 0.15) is 48.7 Å². The first kappa shape index (κ1) is 12.7. The molecule has 0 aromatic carbocycles. The van der Waals surface area contributed by atoms with Crippen molar-refractivity contribution in [3.05, 3.63) is 15.6 Å². The Morgan fingerprint density at radius 3 is 2.47 bits per heavy atom. The van der Waals surface area contributed by atoms with Crippen molar-refractivity contribution in [3.63, 3.8) is 0 Å². The van der Waals surface area contributed by atoms with Gasteiger partial charge in [0, 0.05) is 16.8 Å². The van der Waals surface area contributed by atoms with Crippen molar-refractivity contribution in [2.75, 3.05) is 6.54 Å². The third-order valence-electron chi connectivity index (χ3n) is 2.90. The van der Waals surface area contributed by atoms with Gasteiger partial charge in [0.1, 0.15) is 0 Å². The first-order chi connectivity index (χ1) is 7.06. The molecule has 86 valence electrons. The van der Waals surface area contributed by atoms with Crippen LogP contribution in [-0.2, 0) is 0 Å². The van der Waals surface area contributed by atoms with Crippen molar-refractivity contribution in [1.29, 1.82) is 0 Å². The van der Waals surface area contributed by atoms with Crippen LogP contribution in [0.25, 0.3) is 0 Å². The Labute approximate surface area is 97.1 Å². The van der Waals surface area contributed by atoms with E-state index in [1.807, 2.05) is 11.3 Å². The van der Waals surface area contributed by atoms with E-state index < -0.39 is 0 Å². The number of aromatic nitrogens is 1. The fourth-order valence-electron chi connectivity index (χ4n) is 1.45. The molecule has 0 aliphatic carbocycles. The Morgan fingerprint density at radius 2 is 2.00 bits per heavy atom. The Balaban J connectivity index is 2.62. The Hall–Kier alpha value is -0.410. The van der Waals surface area contributed by atoms with Gasteiger partial charge in [-0.2, -0.15) is 0 Å². The van der Waals surface area contributed by atoms with E-state index in [4.69, 9.17) is 0 Å². The van der Waals surface area contributed by atoms with Crippen LogP contribution in [0.3, 0.4) is 0 Å². The van der Waals surface area contributed by atoms with Crippen LogP contribution in [0.15, 0.2) is 0 Å². The number of hydrogen-bond acceptors (Lipinski definition) is 3. The number of aryl methyl sites for hydroxylation is 2. The van der Waals surface area contributed by atoms with Crippen molar-refractivity contribution in [1.82, 2.24) is 10.3 Å². The Bertz CT molecular complexity index is 287. The lowest BCUT2D eigenvalue weighted by molar-refractivity contribution is 0.480. The summed E-state index contributed by atoms with van der Waals surface area (Å²) in [6.45, 7) is 12.0. The topological polar surface area (TPSA) is 24.9 Å². The number of rotatable bonds is 5. The molecule has 1 heterocycles. The minimum absolute atomic E-state index is 0.508. The fourth-order valence-corrected chi connectivity index (χ4v) is 2.53. The molecule has 0 spiro atoms. The monoisotopic (exact) mass is 226 g/mol. The van der Waals surface area contributed by atoms with Gasteiger partial charge >= 0.3 is 0 Å². The number of thiazole rings is 1. The molecular weight excluding hydrogens is 204 g/mol. The van der Waals surface area contributed by atoms with Gasteiger partial charge in [0.2, 0.25) is 0 Å². The standard InChI is InChI=1S/C12H22N2S/c1-6-7-13-9(3)8(2)12-14-10(4)11(5)15-12/h8-9,13H,6-7H2,1-5H3. The molecule has 1 rings (SSSR count). The quantitative estimate of drug-likeness (QED) is 0.833. The molecule has 0 aliphatic rings. The van der Waals surface area contributed by atoms with Crippen LogP contribution in [-0.4, -0.2) is 17.6 Å². The summed E-state index contributed by atoms with van der Waals surface area (Å²) < 4.78 is 0. The van der Waals surface area contributed by atoms with Gasteiger partial charge in [-0.1, -0.05) is 13.8 Å². The van der Waals surface area contributed by atoms with Gasteiger partial charge in [-0.25, -0.2) is 4.98 Å². The molecule has 0 aliphatic heterocycles. The molecule has 0 fully saturated rings. The third kappa shape index (κ3) is 3.28. The lowest BCUT2D eigenvalue weighted by Gasteiger charge is -2.18. The summed E-state index contributed by atoms with van der Waals surface area (Å²) in [7, 11) is 0. The SMILES string of the molecule is CCCNC(C)C(C)c1nc(C)c(C)s1. The largest absolute Gasteiger partial charge is 0.314 e. The van der Waals surface area contributed by atoms with Crippen LogP contribution >= 0.6 is 11.3 Å². The zero-order valence-corrected chi connectivity index (χ0v) is 11.2. The van der Waals surface area contributed by atoms with Crippen LogP contribution in [0.5, 0.6) is 0 Å². The normalized spacial score (nSPS) is 15.3. The first-order valence-corrected chi connectivity index (χ1v) is 6.55. The molecule has 2 atom stereocenters. The molecular formula is C12H22N2S. The average Bonchev–Trinajstić information content (AvgIpc) is 2.54. The lowest BCUT2D eigenvalue weighted by atomic mass is 10.0. The minimum Gasteiger partial charge on any atom is -0.314 e. The van der Waals surface area contributed by atoms with Crippen molar-refractivity contribution >= 4 is 11.3 Å². The molecule has 15 heavy (non-hydrogen) atoms. The van der Waals surface area contributed by atoms with Crippen molar-refractivity contribution < 1.29 is 0 Å². The highest BCUT2D eigenvalue weighted by atomic mass is 32.1. The lowest BCUT2D eigenvalue weighted by Crippen LogP contribution is -2.31. The second kappa shape index (κ2) is 5.61. The van der Waals surface area contributed by atoms with Gasteiger partial charge < -0.3 is 5.32 Å². The Morgan fingerprint density at radius 1 is 1.33 bits per heavy atom. The van der Waals surface area contributed by atoms with Crippen molar-refractivity contribution in [3.8, 4) is 0 Å². The van der Waals surface area contributed by atoms with Crippen molar-refractivity contribution in [2.24, 2.45) is 0 Å². The summed E-state index contributed by atoms with van der Waals surface area (Å²) >= 11 is 1.83. The van der Waals surface area contributed by atoms with Gasteiger partial charge in [0.15, 0.2) is 0 Å². The zero-order valence-electron chi connectivity index (χ0n) is 10.4. The molecule has 0 radical (unpaired) electrons. The number of nitrogens with one attached hydrogen (secondary N) is 1. The van der Waals surface area contributed by atoms with E-state index in [0.717, 1.165) is 6.54 Å². The van der Waals surface area contributed by atoms with Crippen LogP contribution in [0.4, 0.5) is 0 Å². The highest BCUT2D eigenvalue weighted by molar-refractivity contribution is 7.11. The van der Waals surface area contributed by atoms with E-state index in [0.29, 0.717) is 12.0 Å². The van der Waals surface area contributed by atoms with E-state index in [9.17, 15) is 0 Å². The van der Waals surface area contributed by atoms with Gasteiger partial charge in [-0.15, -0.1) is 11.3 Å². The molecule has 0 bridgehead atoms. The molecule has 2 nitrogen and oxygen atoms in total. The van der Waals surface area contributed by atoms with E-state index >= 15 is 0 Å². The second-order valence-corrected chi connectivity index (χ2v) is 5.46. The van der Waals surface area contributed by atoms with E-state index in [-0.39, 0.29) is 0 Å². The number of nitrogens with zero attached hydrogens (tertiary/aromatic N) is 1. The van der Waals surface area contributed by atoms with Crippen LogP contribution in [0.2, 0.25) is 0 Å². The summed E-state index contributed by atoms with van der Waals surface area (Å²) in [5, 5.41) is 4.79. The van der Waals surface area contributed by atoms with E-state index in [2.05, 4.69) is 44.9 Å². The maximum atomic E-state index is 4.62. The predicted octanol–water partition coefficient (Wildman–Crippen LogP) is 3.25. The van der Waals surface area contributed by atoms with Crippen LogP contribution in [0, 0.1) is 13.8 Å². The molecule has 0 saturated carbocycles. The second-order valence-electron chi connectivity index (χ2n) is 4.23. The van der Waals surface area contributed by atoms with Gasteiger partial charge in [-0.05, 0) is 33.7 Å². The van der Waals surface area contributed by atoms with Gasteiger partial charge in [-0.3, -0.25) is 0 Å². The minimum atomic E-state index is 0.508. The molecule has 0 saturated heterocycles. The number of hydrogen-bond donors (Lipinski definition) is 1. The summed E-state index contributed by atoms with van der Waals surface area (Å²) in [6.07, 6.45) is 1.19. The van der Waals surface area contributed by atoms with Gasteiger partial charge in [0.25, 0.3) is 0 Å². The summed E-state index contributed by atoms with van der Waals surface area (Å²) in [4.78, 5) is 5.96. The summed E-state index contributed by atoms with van der Waals surface area (Å²) in [6, 6.07) is 0.509.